The standard InChI is InChI=1S/C34H49N3O4S/c1-9-15-35(16-10-2)31(39)28-27-19-24(8)34(42-27)29(28)32(40)37(26(20-38)22(6)12-4)30(34)33(41)36(17-11-3)25-18-21(5)13-14-23(25)7/h9,11,13-14,18,22,24,26-30,38H,1,3,10,12,15-17,19-20H2,2,4-8H3/t22-,24?,26-,27+,28-,29-,30?,34?/m0/s1. The largest absolute Gasteiger partial charge is 0.394 e. The van der Waals surface area contributed by atoms with Gasteiger partial charge in [0.15, 0.2) is 0 Å². The number of hydrogen-bond donors (Lipinski definition) is 1. The van der Waals surface area contributed by atoms with Gasteiger partial charge in [-0.15, -0.1) is 24.9 Å². The number of anilines is 1. The third kappa shape index (κ3) is 5.12. The number of carbonyl (C=O) groups excluding carboxylic acids is 3. The lowest BCUT2D eigenvalue weighted by atomic mass is 9.65. The van der Waals surface area contributed by atoms with Crippen molar-refractivity contribution in [3.05, 3.63) is 54.6 Å². The molecule has 0 saturated carbocycles. The first kappa shape index (κ1) is 32.3. The van der Waals surface area contributed by atoms with Gasteiger partial charge < -0.3 is 19.8 Å². The second kappa shape index (κ2) is 13.0. The molecular formula is C34H49N3O4S. The van der Waals surface area contributed by atoms with Gasteiger partial charge in [-0.05, 0) is 55.7 Å². The summed E-state index contributed by atoms with van der Waals surface area (Å²) < 4.78 is -0.761. The summed E-state index contributed by atoms with van der Waals surface area (Å²) in [4.78, 5) is 49.3. The van der Waals surface area contributed by atoms with Crippen molar-refractivity contribution in [3.63, 3.8) is 0 Å². The molecule has 7 nitrogen and oxygen atoms in total. The molecule has 3 aliphatic rings. The van der Waals surface area contributed by atoms with E-state index < -0.39 is 28.7 Å². The molecule has 3 aliphatic heterocycles. The molecule has 3 fully saturated rings. The zero-order valence-corrected chi connectivity index (χ0v) is 27.0. The number of aryl methyl sites for hydroxylation is 2. The summed E-state index contributed by atoms with van der Waals surface area (Å²) in [6.07, 6.45) is 5.79. The van der Waals surface area contributed by atoms with E-state index in [2.05, 4.69) is 20.1 Å². The second-order valence-corrected chi connectivity index (χ2v) is 14.1. The van der Waals surface area contributed by atoms with Crippen LogP contribution in [-0.4, -0.2) is 80.9 Å². The lowest BCUT2D eigenvalue weighted by Crippen LogP contribution is -2.60. The van der Waals surface area contributed by atoms with Crippen molar-refractivity contribution in [1.29, 1.82) is 0 Å². The van der Waals surface area contributed by atoms with Gasteiger partial charge in [-0.2, -0.15) is 0 Å². The molecule has 230 valence electrons. The number of thioether (sulfide) groups is 1. The zero-order chi connectivity index (χ0) is 30.9. The van der Waals surface area contributed by atoms with E-state index in [-0.39, 0.29) is 41.4 Å². The zero-order valence-electron chi connectivity index (χ0n) is 26.2. The monoisotopic (exact) mass is 595 g/mol. The number of amides is 3. The maximum Gasteiger partial charge on any atom is 0.251 e. The topological polar surface area (TPSA) is 81.2 Å². The number of rotatable bonds is 13. The average molecular weight is 596 g/mol. The summed E-state index contributed by atoms with van der Waals surface area (Å²) in [7, 11) is 0. The molecule has 0 radical (unpaired) electrons. The lowest BCUT2D eigenvalue weighted by molar-refractivity contribution is -0.146. The van der Waals surface area contributed by atoms with Gasteiger partial charge in [0.05, 0.1) is 29.2 Å². The number of hydrogen-bond acceptors (Lipinski definition) is 5. The number of aliphatic hydroxyl groups excluding tert-OH is 1. The molecule has 1 N–H and O–H groups in total. The van der Waals surface area contributed by atoms with Gasteiger partial charge in [-0.25, -0.2) is 0 Å². The minimum absolute atomic E-state index is 0.0176. The van der Waals surface area contributed by atoms with Gasteiger partial charge in [0.25, 0.3) is 5.91 Å². The van der Waals surface area contributed by atoms with Crippen LogP contribution in [0.4, 0.5) is 5.69 Å². The normalized spacial score (nSPS) is 29.3. The van der Waals surface area contributed by atoms with E-state index in [1.807, 2.05) is 57.7 Å². The molecule has 8 atom stereocenters. The Bertz CT molecular complexity index is 1220. The number of likely N-dealkylation sites (tertiary alicyclic amines) is 1. The molecule has 2 bridgehead atoms. The quantitative estimate of drug-likeness (QED) is 0.325. The highest BCUT2D eigenvalue weighted by atomic mass is 32.2. The van der Waals surface area contributed by atoms with E-state index in [1.54, 1.807) is 33.7 Å². The van der Waals surface area contributed by atoms with E-state index in [4.69, 9.17) is 0 Å². The van der Waals surface area contributed by atoms with E-state index in [1.165, 1.54) is 0 Å². The van der Waals surface area contributed by atoms with Crippen LogP contribution in [-0.2, 0) is 14.4 Å². The summed E-state index contributed by atoms with van der Waals surface area (Å²) in [5.41, 5.74) is 2.80. The summed E-state index contributed by atoms with van der Waals surface area (Å²) in [5, 5.41) is 10.7. The molecule has 0 aromatic heterocycles. The van der Waals surface area contributed by atoms with E-state index >= 15 is 4.79 Å². The molecule has 3 saturated heterocycles. The minimum atomic E-state index is -0.803. The van der Waals surface area contributed by atoms with Gasteiger partial charge in [0.2, 0.25) is 11.8 Å². The number of nitrogens with zero attached hydrogens (tertiary/aromatic N) is 3. The highest BCUT2D eigenvalue weighted by Gasteiger charge is 2.77. The van der Waals surface area contributed by atoms with E-state index in [0.717, 1.165) is 36.1 Å². The highest BCUT2D eigenvalue weighted by molar-refractivity contribution is 8.02. The van der Waals surface area contributed by atoms with Gasteiger partial charge >= 0.3 is 0 Å². The molecule has 3 amide bonds. The van der Waals surface area contributed by atoms with E-state index in [0.29, 0.717) is 19.6 Å². The Morgan fingerprint density at radius 2 is 1.88 bits per heavy atom. The molecule has 0 aliphatic carbocycles. The van der Waals surface area contributed by atoms with Crippen molar-refractivity contribution >= 4 is 35.2 Å². The Labute approximate surface area is 256 Å². The van der Waals surface area contributed by atoms with Crippen molar-refractivity contribution in [3.8, 4) is 0 Å². The fourth-order valence-corrected chi connectivity index (χ4v) is 10.1. The summed E-state index contributed by atoms with van der Waals surface area (Å²) in [5.74, 6) is -1.45. The van der Waals surface area contributed by atoms with Crippen molar-refractivity contribution in [2.75, 3.05) is 31.1 Å². The Hall–Kier alpha value is -2.58. The van der Waals surface area contributed by atoms with Crippen molar-refractivity contribution in [1.82, 2.24) is 9.80 Å². The number of fused-ring (bicyclic) bond motifs is 1. The molecule has 4 rings (SSSR count). The highest BCUT2D eigenvalue weighted by Crippen LogP contribution is 2.69. The maximum atomic E-state index is 15.1. The molecule has 42 heavy (non-hydrogen) atoms. The molecule has 1 aromatic rings. The van der Waals surface area contributed by atoms with Crippen molar-refractivity contribution in [2.45, 2.75) is 82.9 Å². The maximum absolute atomic E-state index is 15.1. The molecule has 1 aromatic carbocycles. The first-order valence-corrected chi connectivity index (χ1v) is 16.4. The van der Waals surface area contributed by atoms with Crippen molar-refractivity contribution < 1.29 is 19.5 Å². The molecule has 3 heterocycles. The Kier molecular flexibility index (Phi) is 9.98. The van der Waals surface area contributed by atoms with Gasteiger partial charge in [0, 0.05) is 30.6 Å². The van der Waals surface area contributed by atoms with Crippen LogP contribution in [0.2, 0.25) is 0 Å². The molecular weight excluding hydrogens is 546 g/mol. The van der Waals surface area contributed by atoms with Crippen LogP contribution in [0.1, 0.15) is 58.1 Å². The number of benzene rings is 1. The first-order valence-electron chi connectivity index (χ1n) is 15.5. The third-order valence-electron chi connectivity index (χ3n) is 9.94. The van der Waals surface area contributed by atoms with Crippen LogP contribution in [0.5, 0.6) is 0 Å². The van der Waals surface area contributed by atoms with Crippen LogP contribution in [0, 0.1) is 37.5 Å². The Morgan fingerprint density at radius 1 is 1.19 bits per heavy atom. The first-order chi connectivity index (χ1) is 20.0. The number of carbonyl (C=O) groups is 3. The van der Waals surface area contributed by atoms with Crippen LogP contribution < -0.4 is 4.90 Å². The minimum Gasteiger partial charge on any atom is -0.394 e. The SMILES string of the molecule is C=CCN(CCC)C(=O)[C@@H]1[C@H]2C(=O)N([C@@H](CO)[C@@H](C)CC)C(C(=O)N(CC=C)c3cc(C)ccc3C)C23S[C@@H]1CC3C. The van der Waals surface area contributed by atoms with Crippen molar-refractivity contribution in [2.24, 2.45) is 23.7 Å². The molecule has 3 unspecified atom stereocenters. The van der Waals surface area contributed by atoms with Gasteiger partial charge in [0.1, 0.15) is 6.04 Å². The summed E-state index contributed by atoms with van der Waals surface area (Å²) in [6.45, 7) is 21.1. The fraction of sp³-hybridized carbons (Fsp3) is 0.618. The average Bonchev–Trinajstić information content (AvgIpc) is 3.56. The fourth-order valence-electron chi connectivity index (χ4n) is 7.71. The van der Waals surface area contributed by atoms with Gasteiger partial charge in [-0.1, -0.05) is 58.4 Å². The Morgan fingerprint density at radius 3 is 2.48 bits per heavy atom. The van der Waals surface area contributed by atoms with Crippen LogP contribution >= 0.6 is 11.8 Å². The molecule has 1 spiro atoms. The number of aliphatic hydroxyl groups is 1. The van der Waals surface area contributed by atoms with E-state index in [9.17, 15) is 14.7 Å². The Balaban J connectivity index is 1.90. The summed E-state index contributed by atoms with van der Waals surface area (Å²) in [6, 6.07) is 4.72. The molecule has 8 heteroatoms. The smallest absolute Gasteiger partial charge is 0.251 e. The van der Waals surface area contributed by atoms with Gasteiger partial charge in [-0.3, -0.25) is 14.4 Å². The summed E-state index contributed by atoms with van der Waals surface area (Å²) >= 11 is 1.69. The lowest BCUT2D eigenvalue weighted by Gasteiger charge is -2.43. The van der Waals surface area contributed by atoms with Crippen LogP contribution in [0.15, 0.2) is 43.5 Å². The predicted octanol–water partition coefficient (Wildman–Crippen LogP) is 4.99. The third-order valence-corrected chi connectivity index (χ3v) is 12.0. The van der Waals surface area contributed by atoms with Crippen LogP contribution in [0.3, 0.4) is 0 Å². The predicted molar refractivity (Wildman–Crippen MR) is 171 cm³/mol. The van der Waals surface area contributed by atoms with Crippen LogP contribution in [0.25, 0.3) is 0 Å². The second-order valence-electron chi connectivity index (χ2n) is 12.5.